The van der Waals surface area contributed by atoms with Gasteiger partial charge >= 0.3 is 23.9 Å². The quantitative estimate of drug-likeness (QED) is 0.0509. The van der Waals surface area contributed by atoms with Crippen molar-refractivity contribution in [3.63, 3.8) is 0 Å². The van der Waals surface area contributed by atoms with Gasteiger partial charge in [-0.1, -0.05) is 62.8 Å². The maximum atomic E-state index is 13.2. The molecular formula is C61H100O11. The maximum absolute atomic E-state index is 13.2. The number of fused-ring (bicyclic) bond motifs is 18. The van der Waals surface area contributed by atoms with Crippen molar-refractivity contribution in [1.29, 1.82) is 0 Å². The Morgan fingerprint density at radius 3 is 1.53 bits per heavy atom. The normalized spacial score (nSPS) is 42.8. The molecule has 21 atom stereocenters. The molecule has 410 valence electrons. The highest BCUT2D eigenvalue weighted by Gasteiger charge is 2.68. The topological polar surface area (TPSA) is 141 Å². The largest absolute Gasteiger partial charge is 0.462 e. The fourth-order valence-corrected chi connectivity index (χ4v) is 18.7. The summed E-state index contributed by atoms with van der Waals surface area (Å²) in [4.78, 5) is 64.3. The van der Waals surface area contributed by atoms with Crippen molar-refractivity contribution in [2.75, 3.05) is 20.2 Å². The van der Waals surface area contributed by atoms with E-state index in [-0.39, 0.29) is 109 Å². The van der Waals surface area contributed by atoms with Crippen LogP contribution in [0.5, 0.6) is 0 Å². The van der Waals surface area contributed by atoms with E-state index >= 15 is 0 Å². The highest BCUT2D eigenvalue weighted by molar-refractivity contribution is 5.86. The second kappa shape index (κ2) is 22.2. The lowest BCUT2D eigenvalue weighted by molar-refractivity contribution is -0.193. The van der Waals surface area contributed by atoms with Crippen LogP contribution in [0, 0.1) is 123 Å². The molecule has 13 saturated carbocycles. The van der Waals surface area contributed by atoms with Crippen molar-refractivity contribution in [3.8, 4) is 0 Å². The number of ketones is 1. The summed E-state index contributed by atoms with van der Waals surface area (Å²) >= 11 is 0. The average Bonchev–Trinajstić information content (AvgIpc) is 4.21. The Kier molecular flexibility index (Phi) is 17.6. The smallest absolute Gasteiger partial charge is 0.311 e. The van der Waals surface area contributed by atoms with E-state index in [0.29, 0.717) is 88.6 Å². The number of Topliss-reactive ketones (excluding diaryl/α,β-unsaturated/α-hetero) is 1. The van der Waals surface area contributed by atoms with E-state index in [9.17, 15) is 24.0 Å². The van der Waals surface area contributed by atoms with Gasteiger partial charge in [-0.25, -0.2) is 0 Å². The third-order valence-electron chi connectivity index (χ3n) is 22.4. The molecule has 13 aliphatic rings. The highest BCUT2D eigenvalue weighted by atomic mass is 16.7. The molecule has 0 spiro atoms. The first-order valence-electron chi connectivity index (χ1n) is 28.1. The van der Waals surface area contributed by atoms with Crippen LogP contribution in [0.25, 0.3) is 0 Å². The molecule has 0 heterocycles. The van der Waals surface area contributed by atoms with E-state index in [1.807, 2.05) is 41.5 Å². The Morgan fingerprint density at radius 2 is 1.01 bits per heavy atom. The van der Waals surface area contributed by atoms with Gasteiger partial charge in [0.05, 0.1) is 35.4 Å². The zero-order valence-corrected chi connectivity index (χ0v) is 42.2. The molecule has 11 nitrogen and oxygen atoms in total. The molecule has 11 heteroatoms. The SMILES string of the molecule is C.C.C.C.CCC(C)(C)C(=O)OC1CC2CC1C1C3CC(CC3C(=O)OCOC3C4CC5CC(C4)C(=O)C3C5)C21.CCC(C)(C)C(=O)OC1CC2CC1C1C3CC(CC3C(=O)OCOCC3CCCCC3)C21. The van der Waals surface area contributed by atoms with Gasteiger partial charge in [0.15, 0.2) is 13.6 Å². The van der Waals surface area contributed by atoms with Crippen molar-refractivity contribution >= 4 is 29.7 Å². The molecule has 0 aromatic heterocycles. The Bertz CT molecular complexity index is 1940. The number of esters is 4. The van der Waals surface area contributed by atoms with Gasteiger partial charge in [0.1, 0.15) is 18.0 Å². The van der Waals surface area contributed by atoms with Crippen molar-refractivity contribution in [3.05, 3.63) is 0 Å². The molecule has 72 heavy (non-hydrogen) atoms. The van der Waals surface area contributed by atoms with Crippen LogP contribution in [0.4, 0.5) is 0 Å². The Labute approximate surface area is 435 Å². The predicted octanol–water partition coefficient (Wildman–Crippen LogP) is 12.7. The van der Waals surface area contributed by atoms with Crippen molar-refractivity contribution in [2.24, 2.45) is 123 Å². The summed E-state index contributed by atoms with van der Waals surface area (Å²) in [5, 5.41) is 0. The van der Waals surface area contributed by atoms with Gasteiger partial charge in [0.2, 0.25) is 0 Å². The van der Waals surface area contributed by atoms with E-state index in [1.54, 1.807) is 0 Å². The molecule has 13 fully saturated rings. The molecule has 12 bridgehead atoms. The standard InChI is InChI=1S/C30H42O6.C27H42O5.4CH4/c1-4-30(2,3)29(33)36-23-12-16-11-21(23)25-19-9-15(24(16)25)10-20(19)28(32)35-13-34-27-18-6-14-5-17(8-18)26(31)22(27)7-14;1-4-27(2,3)26(29)32-22-13-18-12-21(22)24-19-10-17(23(18)24)11-20(19)25(28)31-15-30-14-16-8-6-5-7-9-16;;;;/h14-25,27H,4-13H2,1-3H3;16-24H,4-15H2,1-3H3;4*1H4. The second-order valence-corrected chi connectivity index (χ2v) is 26.4. The van der Waals surface area contributed by atoms with Crippen molar-refractivity contribution < 1.29 is 52.4 Å². The zero-order chi connectivity index (χ0) is 47.4. The van der Waals surface area contributed by atoms with Crippen LogP contribution in [0.15, 0.2) is 0 Å². The minimum Gasteiger partial charge on any atom is -0.462 e. The molecule has 21 unspecified atom stereocenters. The molecule has 0 aromatic carbocycles. The molecule has 0 aromatic rings. The van der Waals surface area contributed by atoms with Gasteiger partial charge in [-0.2, -0.15) is 0 Å². The van der Waals surface area contributed by atoms with Gasteiger partial charge in [-0.3, -0.25) is 24.0 Å². The Morgan fingerprint density at radius 1 is 0.528 bits per heavy atom. The molecular weight excluding hydrogens is 909 g/mol. The van der Waals surface area contributed by atoms with Gasteiger partial charge in [0, 0.05) is 11.8 Å². The maximum Gasteiger partial charge on any atom is 0.311 e. The molecule has 0 amide bonds. The van der Waals surface area contributed by atoms with Crippen LogP contribution in [0.1, 0.15) is 193 Å². The number of hydrogen-bond acceptors (Lipinski definition) is 11. The van der Waals surface area contributed by atoms with E-state index in [2.05, 4.69) is 0 Å². The number of ether oxygens (including phenoxy) is 6. The predicted molar refractivity (Wildman–Crippen MR) is 277 cm³/mol. The summed E-state index contributed by atoms with van der Waals surface area (Å²) in [6.07, 6.45) is 20.8. The number of hydrogen-bond donors (Lipinski definition) is 0. The molecule has 0 saturated heterocycles. The minimum absolute atomic E-state index is 0. The Balaban J connectivity index is 0.000000201. The number of carbonyl (C=O) groups excluding carboxylic acids is 5. The summed E-state index contributed by atoms with van der Waals surface area (Å²) in [7, 11) is 0. The fourth-order valence-electron chi connectivity index (χ4n) is 18.7. The van der Waals surface area contributed by atoms with Gasteiger partial charge in [-0.15, -0.1) is 0 Å². The summed E-state index contributed by atoms with van der Waals surface area (Å²) in [5.41, 5.74) is -0.857. The van der Waals surface area contributed by atoms with E-state index < -0.39 is 10.8 Å². The van der Waals surface area contributed by atoms with Gasteiger partial charge < -0.3 is 28.4 Å². The van der Waals surface area contributed by atoms with E-state index in [0.717, 1.165) is 96.0 Å². The van der Waals surface area contributed by atoms with Gasteiger partial charge in [0.25, 0.3) is 0 Å². The van der Waals surface area contributed by atoms with Crippen molar-refractivity contribution in [1.82, 2.24) is 0 Å². The van der Waals surface area contributed by atoms with E-state index in [4.69, 9.17) is 28.4 Å². The van der Waals surface area contributed by atoms with Crippen LogP contribution in [-0.2, 0) is 52.4 Å². The molecule has 0 N–H and O–H groups in total. The van der Waals surface area contributed by atoms with Crippen molar-refractivity contribution in [2.45, 2.75) is 212 Å². The lowest BCUT2D eigenvalue weighted by Gasteiger charge is -2.52. The summed E-state index contributed by atoms with van der Waals surface area (Å²) in [6.45, 7) is 12.8. The second-order valence-electron chi connectivity index (χ2n) is 26.4. The average molecular weight is 1010 g/mol. The van der Waals surface area contributed by atoms with Crippen LogP contribution in [-0.4, -0.2) is 68.2 Å². The summed E-state index contributed by atoms with van der Waals surface area (Å²) in [6, 6.07) is 0. The molecule has 13 rings (SSSR count). The summed E-state index contributed by atoms with van der Waals surface area (Å²) in [5.74, 6) is 8.81. The van der Waals surface area contributed by atoms with Crippen LogP contribution < -0.4 is 0 Å². The lowest BCUT2D eigenvalue weighted by atomic mass is 9.54. The Hall–Kier alpha value is -2.53. The monoisotopic (exact) mass is 1010 g/mol. The molecule has 13 aliphatic carbocycles. The lowest BCUT2D eigenvalue weighted by Crippen LogP contribution is -2.55. The molecule has 0 aliphatic heterocycles. The first kappa shape index (κ1) is 57.2. The first-order valence-corrected chi connectivity index (χ1v) is 28.1. The molecule has 0 radical (unpaired) electrons. The highest BCUT2D eigenvalue weighted by Crippen LogP contribution is 2.71. The minimum atomic E-state index is -0.440. The first-order chi connectivity index (χ1) is 32.6. The van der Waals surface area contributed by atoms with Crippen LogP contribution in [0.2, 0.25) is 0 Å². The zero-order valence-electron chi connectivity index (χ0n) is 42.2. The van der Waals surface area contributed by atoms with Gasteiger partial charge in [-0.05, 0) is 219 Å². The van der Waals surface area contributed by atoms with Crippen LogP contribution >= 0.6 is 0 Å². The number of rotatable bonds is 15. The van der Waals surface area contributed by atoms with Crippen LogP contribution in [0.3, 0.4) is 0 Å². The third-order valence-corrected chi connectivity index (χ3v) is 22.4. The number of carbonyl (C=O) groups is 5. The fraction of sp³-hybridized carbons (Fsp3) is 0.918. The van der Waals surface area contributed by atoms with E-state index in [1.165, 1.54) is 38.5 Å². The summed E-state index contributed by atoms with van der Waals surface area (Å²) < 4.78 is 35.4. The third kappa shape index (κ3) is 10.0.